The van der Waals surface area contributed by atoms with E-state index in [1.807, 2.05) is 60.7 Å². The molecule has 1 atom stereocenters. The molecule has 1 aliphatic heterocycles. The van der Waals surface area contributed by atoms with E-state index in [0.29, 0.717) is 12.0 Å². The number of aliphatic hydroxyl groups excluding tert-OH is 1. The highest BCUT2D eigenvalue weighted by molar-refractivity contribution is 6.00. The number of ether oxygens (including phenoxy) is 1. The summed E-state index contributed by atoms with van der Waals surface area (Å²) in [6.45, 7) is 0. The van der Waals surface area contributed by atoms with E-state index in [0.717, 1.165) is 11.1 Å². The van der Waals surface area contributed by atoms with Crippen molar-refractivity contribution in [3.8, 4) is 0 Å². The quantitative estimate of drug-likeness (QED) is 0.868. The minimum atomic E-state index is -0.648. The van der Waals surface area contributed by atoms with E-state index in [9.17, 15) is 9.90 Å². The van der Waals surface area contributed by atoms with E-state index in [1.54, 1.807) is 0 Å². The summed E-state index contributed by atoms with van der Waals surface area (Å²) in [6, 6.07) is 19.2. The molecule has 0 aromatic heterocycles. The van der Waals surface area contributed by atoms with Crippen LogP contribution in [0.4, 0.5) is 0 Å². The highest BCUT2D eigenvalue weighted by Gasteiger charge is 2.34. The molecular weight excluding hydrogens is 252 g/mol. The molecule has 2 aromatic rings. The average molecular weight is 266 g/mol. The summed E-state index contributed by atoms with van der Waals surface area (Å²) >= 11 is 0. The van der Waals surface area contributed by atoms with E-state index >= 15 is 0 Å². The van der Waals surface area contributed by atoms with Crippen molar-refractivity contribution >= 4 is 11.5 Å². The van der Waals surface area contributed by atoms with Gasteiger partial charge in [-0.2, -0.15) is 0 Å². The molecule has 3 nitrogen and oxygen atoms in total. The molecule has 3 rings (SSSR count). The molecule has 0 spiro atoms. The Balaban J connectivity index is 1.94. The summed E-state index contributed by atoms with van der Waals surface area (Å²) in [5.74, 6) is -0.929. The summed E-state index contributed by atoms with van der Waals surface area (Å²) in [4.78, 5) is 11.6. The number of hydrogen-bond acceptors (Lipinski definition) is 3. The van der Waals surface area contributed by atoms with Crippen LogP contribution in [0.5, 0.6) is 0 Å². The van der Waals surface area contributed by atoms with Crippen LogP contribution in [0.2, 0.25) is 0 Å². The number of benzene rings is 2. The predicted molar refractivity (Wildman–Crippen MR) is 76.0 cm³/mol. The van der Waals surface area contributed by atoms with Crippen molar-refractivity contribution in [2.75, 3.05) is 0 Å². The minimum absolute atomic E-state index is 0.280. The molecule has 0 bridgehead atoms. The lowest BCUT2D eigenvalue weighted by molar-refractivity contribution is -0.141. The van der Waals surface area contributed by atoms with Gasteiger partial charge < -0.3 is 9.84 Å². The Morgan fingerprint density at radius 3 is 2.20 bits per heavy atom. The van der Waals surface area contributed by atoms with Crippen molar-refractivity contribution < 1.29 is 14.6 Å². The van der Waals surface area contributed by atoms with Gasteiger partial charge in [0.15, 0.2) is 0 Å². The smallest absolute Gasteiger partial charge is 0.374 e. The molecule has 1 N–H and O–H groups in total. The predicted octanol–water partition coefficient (Wildman–Crippen LogP) is 3.12. The molecule has 3 heteroatoms. The molecule has 0 amide bonds. The molecule has 100 valence electrons. The second kappa shape index (κ2) is 5.21. The first-order valence-corrected chi connectivity index (χ1v) is 6.49. The van der Waals surface area contributed by atoms with Crippen molar-refractivity contribution in [1.29, 1.82) is 0 Å². The van der Waals surface area contributed by atoms with Crippen LogP contribution in [0.25, 0.3) is 5.57 Å². The van der Waals surface area contributed by atoms with Gasteiger partial charge >= 0.3 is 5.97 Å². The van der Waals surface area contributed by atoms with Gasteiger partial charge in [0.25, 0.3) is 0 Å². The third kappa shape index (κ3) is 2.30. The van der Waals surface area contributed by atoms with Crippen molar-refractivity contribution in [3.05, 3.63) is 77.5 Å². The zero-order valence-corrected chi connectivity index (χ0v) is 10.8. The number of carbonyl (C=O) groups excluding carboxylic acids is 1. The fourth-order valence-electron chi connectivity index (χ4n) is 2.42. The molecule has 20 heavy (non-hydrogen) atoms. The van der Waals surface area contributed by atoms with Gasteiger partial charge in [-0.25, -0.2) is 4.79 Å². The number of aliphatic hydroxyl groups is 1. The lowest BCUT2D eigenvalue weighted by Gasteiger charge is -2.14. The maximum Gasteiger partial charge on any atom is 0.374 e. The Hall–Kier alpha value is -2.55. The van der Waals surface area contributed by atoms with Gasteiger partial charge in [-0.05, 0) is 11.1 Å². The Kier molecular flexibility index (Phi) is 3.25. The maximum absolute atomic E-state index is 11.6. The van der Waals surface area contributed by atoms with Crippen molar-refractivity contribution in [3.63, 3.8) is 0 Å². The van der Waals surface area contributed by atoms with Crippen LogP contribution in [0.15, 0.2) is 66.4 Å². The Morgan fingerprint density at radius 1 is 0.950 bits per heavy atom. The molecule has 0 saturated carbocycles. The zero-order valence-electron chi connectivity index (χ0n) is 10.8. The summed E-state index contributed by atoms with van der Waals surface area (Å²) in [5.41, 5.74) is 2.45. The van der Waals surface area contributed by atoms with E-state index in [4.69, 9.17) is 4.74 Å². The second-order valence-electron chi connectivity index (χ2n) is 4.71. The molecule has 0 saturated heterocycles. The highest BCUT2D eigenvalue weighted by Crippen LogP contribution is 2.32. The maximum atomic E-state index is 11.6. The average Bonchev–Trinajstić information content (AvgIpc) is 2.76. The highest BCUT2D eigenvalue weighted by atomic mass is 16.6. The molecule has 1 aliphatic rings. The van der Waals surface area contributed by atoms with E-state index in [-0.39, 0.29) is 5.76 Å². The van der Waals surface area contributed by atoms with Crippen LogP contribution in [0, 0.1) is 0 Å². The van der Waals surface area contributed by atoms with Gasteiger partial charge in [-0.1, -0.05) is 60.7 Å². The van der Waals surface area contributed by atoms with Crippen LogP contribution in [0.1, 0.15) is 11.1 Å². The van der Waals surface area contributed by atoms with Crippen molar-refractivity contribution in [2.45, 2.75) is 12.5 Å². The monoisotopic (exact) mass is 266 g/mol. The standard InChI is InChI=1S/C17H14O3/c18-16-15(13-9-5-2-6-10-13)14(20-17(16)19)11-12-7-3-1-4-8-12/h1-10,14,18H,11H2/t14-/m0/s1. The van der Waals surface area contributed by atoms with Gasteiger partial charge in [0, 0.05) is 12.0 Å². The normalized spacial score (nSPS) is 18.2. The van der Waals surface area contributed by atoms with Crippen LogP contribution in [0.3, 0.4) is 0 Å². The zero-order chi connectivity index (χ0) is 13.9. The molecule has 0 radical (unpaired) electrons. The van der Waals surface area contributed by atoms with Crippen LogP contribution in [-0.2, 0) is 16.0 Å². The molecule has 0 fully saturated rings. The molecule has 1 heterocycles. The minimum Gasteiger partial charge on any atom is -0.502 e. The topological polar surface area (TPSA) is 46.5 Å². The van der Waals surface area contributed by atoms with E-state index < -0.39 is 12.1 Å². The Labute approximate surface area is 117 Å². The van der Waals surface area contributed by atoms with Crippen LogP contribution < -0.4 is 0 Å². The third-order valence-corrected chi connectivity index (χ3v) is 3.37. The summed E-state index contributed by atoms with van der Waals surface area (Å²) in [7, 11) is 0. The molecule has 2 aromatic carbocycles. The van der Waals surface area contributed by atoms with Gasteiger partial charge in [0.05, 0.1) is 0 Å². The first kappa shape index (κ1) is 12.5. The molecular formula is C17H14O3. The number of esters is 1. The SMILES string of the molecule is O=C1O[C@@H](Cc2ccccc2)C(c2ccccc2)=C1O. The largest absolute Gasteiger partial charge is 0.502 e. The first-order chi connectivity index (χ1) is 9.75. The molecule has 0 aliphatic carbocycles. The third-order valence-electron chi connectivity index (χ3n) is 3.37. The fourth-order valence-corrected chi connectivity index (χ4v) is 2.42. The van der Waals surface area contributed by atoms with Crippen molar-refractivity contribution in [2.24, 2.45) is 0 Å². The van der Waals surface area contributed by atoms with Gasteiger partial charge in [0.1, 0.15) is 6.10 Å². The van der Waals surface area contributed by atoms with E-state index in [1.165, 1.54) is 0 Å². The Bertz CT molecular complexity index is 644. The van der Waals surface area contributed by atoms with Crippen LogP contribution in [-0.4, -0.2) is 17.2 Å². The Morgan fingerprint density at radius 2 is 1.55 bits per heavy atom. The second-order valence-corrected chi connectivity index (χ2v) is 4.71. The van der Waals surface area contributed by atoms with Crippen LogP contribution >= 0.6 is 0 Å². The first-order valence-electron chi connectivity index (χ1n) is 6.49. The van der Waals surface area contributed by atoms with Crippen molar-refractivity contribution in [1.82, 2.24) is 0 Å². The van der Waals surface area contributed by atoms with Gasteiger partial charge in [0.2, 0.25) is 5.76 Å². The fraction of sp³-hybridized carbons (Fsp3) is 0.118. The number of carbonyl (C=O) groups is 1. The molecule has 0 unspecified atom stereocenters. The van der Waals surface area contributed by atoms with E-state index in [2.05, 4.69) is 0 Å². The number of rotatable bonds is 3. The number of cyclic esters (lactones) is 1. The summed E-state index contributed by atoms with van der Waals surface area (Å²) < 4.78 is 5.28. The lowest BCUT2D eigenvalue weighted by atomic mass is 9.96. The number of hydrogen-bond donors (Lipinski definition) is 1. The lowest BCUT2D eigenvalue weighted by Crippen LogP contribution is -2.14. The summed E-state index contributed by atoms with van der Waals surface area (Å²) in [6.07, 6.45) is 0.119. The van der Waals surface area contributed by atoms with Gasteiger partial charge in [-0.15, -0.1) is 0 Å². The van der Waals surface area contributed by atoms with Gasteiger partial charge in [-0.3, -0.25) is 0 Å². The summed E-state index contributed by atoms with van der Waals surface area (Å²) in [5, 5.41) is 9.96.